The molecule has 1 aromatic heterocycles. The molecule has 2 aromatic rings. The number of ether oxygens (including phenoxy) is 1. The van der Waals surface area contributed by atoms with Crippen molar-refractivity contribution in [1.29, 1.82) is 0 Å². The van der Waals surface area contributed by atoms with E-state index in [2.05, 4.69) is 10.1 Å². The average Bonchev–Trinajstić information content (AvgIpc) is 2.81. The van der Waals surface area contributed by atoms with E-state index in [9.17, 15) is 0 Å². The van der Waals surface area contributed by atoms with Crippen molar-refractivity contribution in [1.82, 2.24) is 14.8 Å². The molecule has 6 heteroatoms. The molecule has 0 saturated heterocycles. The molecular weight excluding hydrogens is 248 g/mol. The van der Waals surface area contributed by atoms with Gasteiger partial charge in [0.2, 0.25) is 0 Å². The van der Waals surface area contributed by atoms with Gasteiger partial charge in [-0.25, -0.2) is 9.67 Å². The van der Waals surface area contributed by atoms with Crippen LogP contribution in [-0.4, -0.2) is 27.6 Å². The summed E-state index contributed by atoms with van der Waals surface area (Å²) in [5, 5.41) is 4.89. The third kappa shape index (κ3) is 3.02. The third-order valence-electron chi connectivity index (χ3n) is 2.61. The Balaban J connectivity index is 1.94. The van der Waals surface area contributed by atoms with Gasteiger partial charge >= 0.3 is 0 Å². The van der Waals surface area contributed by atoms with Crippen LogP contribution in [0.4, 0.5) is 0 Å². The van der Waals surface area contributed by atoms with Gasteiger partial charge in [-0.2, -0.15) is 5.10 Å². The van der Waals surface area contributed by atoms with Gasteiger partial charge in [-0.05, 0) is 17.7 Å². The number of thioether (sulfide) groups is 1. The Labute approximate surface area is 110 Å². The minimum Gasteiger partial charge on any atom is -0.497 e. The zero-order valence-electron chi connectivity index (χ0n) is 10.4. The Hall–Kier alpha value is -1.53. The normalized spacial score (nSPS) is 12.4. The van der Waals surface area contributed by atoms with Crippen LogP contribution < -0.4 is 10.5 Å². The van der Waals surface area contributed by atoms with Crippen LogP contribution in [0.2, 0.25) is 0 Å². The lowest BCUT2D eigenvalue weighted by Gasteiger charge is -2.11. The number of rotatable bonds is 5. The standard InChI is InChI=1S/C12H16N4OS/c1-16-12(14-8-15-16)18-7-11(13)9-3-5-10(17-2)6-4-9/h3-6,8,11H,7,13H2,1-2H3. The molecule has 18 heavy (non-hydrogen) atoms. The maximum Gasteiger partial charge on any atom is 0.185 e. The van der Waals surface area contributed by atoms with Crippen LogP contribution in [-0.2, 0) is 7.05 Å². The second kappa shape index (κ2) is 5.88. The summed E-state index contributed by atoms with van der Waals surface area (Å²) in [5.74, 6) is 1.60. The van der Waals surface area contributed by atoms with Crippen molar-refractivity contribution in [2.75, 3.05) is 12.9 Å². The number of methoxy groups -OCH3 is 1. The van der Waals surface area contributed by atoms with E-state index in [4.69, 9.17) is 10.5 Å². The fourth-order valence-corrected chi connectivity index (χ4v) is 2.40. The molecule has 2 N–H and O–H groups in total. The Kier molecular flexibility index (Phi) is 4.22. The molecule has 2 rings (SSSR count). The van der Waals surface area contributed by atoms with E-state index in [0.717, 1.165) is 22.2 Å². The lowest BCUT2D eigenvalue weighted by Crippen LogP contribution is -2.13. The van der Waals surface area contributed by atoms with Crippen molar-refractivity contribution in [2.24, 2.45) is 12.8 Å². The maximum atomic E-state index is 6.13. The van der Waals surface area contributed by atoms with Gasteiger partial charge in [0.25, 0.3) is 0 Å². The summed E-state index contributed by atoms with van der Waals surface area (Å²) in [6.07, 6.45) is 1.54. The lowest BCUT2D eigenvalue weighted by atomic mass is 10.1. The van der Waals surface area contributed by atoms with E-state index in [1.165, 1.54) is 0 Å². The van der Waals surface area contributed by atoms with Gasteiger partial charge in [0, 0.05) is 18.8 Å². The zero-order valence-corrected chi connectivity index (χ0v) is 11.2. The number of hydrogen-bond acceptors (Lipinski definition) is 5. The van der Waals surface area contributed by atoms with E-state index in [0.29, 0.717) is 0 Å². The molecule has 1 unspecified atom stereocenters. The second-order valence-corrected chi connectivity index (χ2v) is 4.84. The van der Waals surface area contributed by atoms with Crippen LogP contribution >= 0.6 is 11.8 Å². The summed E-state index contributed by atoms with van der Waals surface area (Å²) in [6, 6.07) is 7.78. The van der Waals surface area contributed by atoms with Gasteiger partial charge in [-0.1, -0.05) is 23.9 Å². The van der Waals surface area contributed by atoms with Crippen LogP contribution in [0.15, 0.2) is 35.7 Å². The van der Waals surface area contributed by atoms with E-state index in [1.807, 2.05) is 31.3 Å². The highest BCUT2D eigenvalue weighted by Crippen LogP contribution is 2.22. The largest absolute Gasteiger partial charge is 0.497 e. The van der Waals surface area contributed by atoms with Crippen LogP contribution in [0.1, 0.15) is 11.6 Å². The quantitative estimate of drug-likeness (QED) is 0.831. The molecule has 0 aliphatic carbocycles. The third-order valence-corrected chi connectivity index (χ3v) is 3.76. The van der Waals surface area contributed by atoms with E-state index in [1.54, 1.807) is 29.9 Å². The van der Waals surface area contributed by atoms with Crippen molar-refractivity contribution < 1.29 is 4.74 Å². The zero-order chi connectivity index (χ0) is 13.0. The van der Waals surface area contributed by atoms with E-state index < -0.39 is 0 Å². The molecule has 0 fully saturated rings. The molecule has 96 valence electrons. The minimum absolute atomic E-state index is 0.0300. The fourth-order valence-electron chi connectivity index (χ4n) is 1.53. The predicted octanol–water partition coefficient (Wildman–Crippen LogP) is 1.62. The van der Waals surface area contributed by atoms with Crippen molar-refractivity contribution in [3.8, 4) is 5.75 Å². The van der Waals surface area contributed by atoms with Crippen molar-refractivity contribution >= 4 is 11.8 Å². The van der Waals surface area contributed by atoms with Crippen molar-refractivity contribution in [3.63, 3.8) is 0 Å². The number of nitrogens with two attached hydrogens (primary N) is 1. The first-order valence-corrected chi connectivity index (χ1v) is 6.55. The topological polar surface area (TPSA) is 66.0 Å². The fraction of sp³-hybridized carbons (Fsp3) is 0.333. The van der Waals surface area contributed by atoms with Gasteiger partial charge in [0.15, 0.2) is 5.16 Å². The highest BCUT2D eigenvalue weighted by Gasteiger charge is 2.09. The number of hydrogen-bond donors (Lipinski definition) is 1. The molecule has 1 atom stereocenters. The molecule has 0 spiro atoms. The Morgan fingerprint density at radius 2 is 2.11 bits per heavy atom. The monoisotopic (exact) mass is 264 g/mol. The van der Waals surface area contributed by atoms with E-state index in [-0.39, 0.29) is 6.04 Å². The number of aromatic nitrogens is 3. The smallest absolute Gasteiger partial charge is 0.185 e. The van der Waals surface area contributed by atoms with Crippen LogP contribution in [0.25, 0.3) is 0 Å². The Morgan fingerprint density at radius 1 is 1.39 bits per heavy atom. The summed E-state index contributed by atoms with van der Waals surface area (Å²) in [6.45, 7) is 0. The summed E-state index contributed by atoms with van der Waals surface area (Å²) < 4.78 is 6.86. The Bertz CT molecular complexity index is 497. The first-order chi connectivity index (χ1) is 8.70. The van der Waals surface area contributed by atoms with Crippen LogP contribution in [0.5, 0.6) is 5.75 Å². The molecule has 1 heterocycles. The highest BCUT2D eigenvalue weighted by molar-refractivity contribution is 7.99. The number of aryl methyl sites for hydroxylation is 1. The van der Waals surface area contributed by atoms with Gasteiger partial charge in [-0.15, -0.1) is 0 Å². The molecule has 0 amide bonds. The van der Waals surface area contributed by atoms with Gasteiger partial charge in [-0.3, -0.25) is 0 Å². The molecule has 0 radical (unpaired) electrons. The van der Waals surface area contributed by atoms with Gasteiger partial charge < -0.3 is 10.5 Å². The van der Waals surface area contributed by atoms with Crippen molar-refractivity contribution in [2.45, 2.75) is 11.2 Å². The summed E-state index contributed by atoms with van der Waals surface area (Å²) >= 11 is 1.60. The highest BCUT2D eigenvalue weighted by atomic mass is 32.2. The number of nitrogens with zero attached hydrogens (tertiary/aromatic N) is 3. The lowest BCUT2D eigenvalue weighted by molar-refractivity contribution is 0.414. The van der Waals surface area contributed by atoms with Crippen LogP contribution in [0.3, 0.4) is 0 Å². The molecule has 0 aliphatic heterocycles. The molecule has 0 aliphatic rings. The second-order valence-electron chi connectivity index (χ2n) is 3.86. The number of benzene rings is 1. The van der Waals surface area contributed by atoms with Crippen LogP contribution in [0, 0.1) is 0 Å². The molecule has 1 aromatic carbocycles. The molecular formula is C12H16N4OS. The summed E-state index contributed by atoms with van der Waals surface area (Å²) in [7, 11) is 3.52. The first kappa shape index (κ1) is 12.9. The SMILES string of the molecule is COc1ccc(C(N)CSc2ncnn2C)cc1. The summed E-state index contributed by atoms with van der Waals surface area (Å²) in [4.78, 5) is 4.15. The van der Waals surface area contributed by atoms with Gasteiger partial charge in [0.05, 0.1) is 7.11 Å². The van der Waals surface area contributed by atoms with Crippen molar-refractivity contribution in [3.05, 3.63) is 36.2 Å². The predicted molar refractivity (Wildman–Crippen MR) is 71.6 cm³/mol. The maximum absolute atomic E-state index is 6.13. The summed E-state index contributed by atoms with van der Waals surface area (Å²) in [5.41, 5.74) is 7.22. The minimum atomic E-state index is -0.0300. The Morgan fingerprint density at radius 3 is 2.67 bits per heavy atom. The molecule has 0 saturated carbocycles. The average molecular weight is 264 g/mol. The van der Waals surface area contributed by atoms with E-state index >= 15 is 0 Å². The molecule has 5 nitrogen and oxygen atoms in total. The van der Waals surface area contributed by atoms with Gasteiger partial charge in [0.1, 0.15) is 12.1 Å². The first-order valence-electron chi connectivity index (χ1n) is 5.57. The molecule has 0 bridgehead atoms.